The third-order valence-electron chi connectivity index (χ3n) is 4.48. The monoisotopic (exact) mass is 374 g/mol. The van der Waals surface area contributed by atoms with E-state index in [2.05, 4.69) is 18.6 Å². The lowest BCUT2D eigenvalue weighted by Crippen LogP contribution is -2.42. The summed E-state index contributed by atoms with van der Waals surface area (Å²) in [5.41, 5.74) is 8.15. The van der Waals surface area contributed by atoms with E-state index in [0.29, 0.717) is 5.92 Å². The van der Waals surface area contributed by atoms with Gasteiger partial charge in [-0.2, -0.15) is 0 Å². The molecule has 0 unspecified atom stereocenters. The van der Waals surface area contributed by atoms with Gasteiger partial charge in [0.05, 0.1) is 16.8 Å². The van der Waals surface area contributed by atoms with Gasteiger partial charge in [-0.3, -0.25) is 0 Å². The first-order chi connectivity index (χ1) is 11.1. The molecule has 8 heteroatoms. The third-order valence-corrected chi connectivity index (χ3v) is 8.11. The van der Waals surface area contributed by atoms with E-state index in [4.69, 9.17) is 5.73 Å². The largest absolute Gasteiger partial charge is 0.323 e. The number of hydrogen-bond acceptors (Lipinski definition) is 5. The van der Waals surface area contributed by atoms with Gasteiger partial charge in [-0.15, -0.1) is 0 Å². The first-order valence-corrected chi connectivity index (χ1v) is 11.5. The highest BCUT2D eigenvalue weighted by Crippen LogP contribution is 2.20. The predicted octanol–water partition coefficient (Wildman–Crippen LogP) is 1.31. The Hall–Kier alpha value is -0.960. The van der Waals surface area contributed by atoms with Crippen LogP contribution >= 0.6 is 0 Å². The molecular formula is C16H26N2O4S2. The minimum atomic E-state index is -3.55. The fourth-order valence-corrected chi connectivity index (χ4v) is 6.04. The molecule has 0 aromatic heterocycles. The smallest absolute Gasteiger partial charge is 0.214 e. The highest BCUT2D eigenvalue weighted by molar-refractivity contribution is 7.92. The van der Waals surface area contributed by atoms with Gasteiger partial charge in [-0.05, 0) is 29.9 Å². The molecule has 1 heterocycles. The summed E-state index contributed by atoms with van der Waals surface area (Å²) >= 11 is 0. The number of rotatable bonds is 6. The third kappa shape index (κ3) is 5.02. The van der Waals surface area contributed by atoms with E-state index in [1.54, 1.807) is 0 Å². The van der Waals surface area contributed by atoms with Crippen LogP contribution in [-0.2, 0) is 19.9 Å². The van der Waals surface area contributed by atoms with E-state index in [1.807, 2.05) is 24.3 Å². The van der Waals surface area contributed by atoms with Crippen LogP contribution in [0.5, 0.6) is 0 Å². The van der Waals surface area contributed by atoms with Gasteiger partial charge in [0, 0.05) is 12.6 Å². The lowest BCUT2D eigenvalue weighted by Gasteiger charge is -2.23. The molecular weight excluding hydrogens is 348 g/mol. The van der Waals surface area contributed by atoms with Crippen molar-refractivity contribution in [1.82, 2.24) is 4.72 Å². The van der Waals surface area contributed by atoms with E-state index in [9.17, 15) is 16.8 Å². The summed E-state index contributed by atoms with van der Waals surface area (Å²) in [6, 6.07) is 7.40. The van der Waals surface area contributed by atoms with Crippen LogP contribution in [0.1, 0.15) is 49.8 Å². The van der Waals surface area contributed by atoms with Crippen molar-refractivity contribution >= 4 is 19.9 Å². The molecule has 0 spiro atoms. The molecule has 1 aromatic rings. The number of nitrogens with one attached hydrogen (secondary N) is 1. The molecule has 1 saturated heterocycles. The van der Waals surface area contributed by atoms with Crippen molar-refractivity contribution in [3.8, 4) is 0 Å². The maximum absolute atomic E-state index is 12.3. The molecule has 0 amide bonds. The molecule has 3 N–H and O–H groups in total. The Morgan fingerprint density at radius 1 is 1.12 bits per heavy atom. The Balaban J connectivity index is 1.94. The van der Waals surface area contributed by atoms with Crippen LogP contribution in [0.25, 0.3) is 0 Å². The van der Waals surface area contributed by atoms with Crippen LogP contribution < -0.4 is 10.5 Å². The molecule has 1 aliphatic rings. The molecule has 1 atom stereocenters. The highest BCUT2D eigenvalue weighted by Gasteiger charge is 2.32. The zero-order valence-corrected chi connectivity index (χ0v) is 15.7. The zero-order valence-electron chi connectivity index (χ0n) is 14.1. The lowest BCUT2D eigenvalue weighted by atomic mass is 9.99. The molecule has 0 aliphatic carbocycles. The quantitative estimate of drug-likeness (QED) is 0.781. The summed E-state index contributed by atoms with van der Waals surface area (Å²) in [6.45, 7) is 4.31. The van der Waals surface area contributed by atoms with Crippen molar-refractivity contribution in [2.24, 2.45) is 5.73 Å². The van der Waals surface area contributed by atoms with E-state index in [1.165, 1.54) is 5.56 Å². The summed E-state index contributed by atoms with van der Waals surface area (Å²) in [7, 11) is -6.63. The second-order valence-electron chi connectivity index (χ2n) is 6.67. The van der Waals surface area contributed by atoms with E-state index in [-0.39, 0.29) is 30.9 Å². The van der Waals surface area contributed by atoms with Crippen molar-refractivity contribution in [2.75, 3.05) is 18.1 Å². The van der Waals surface area contributed by atoms with Gasteiger partial charge in [-0.25, -0.2) is 21.6 Å². The molecule has 136 valence electrons. The average molecular weight is 375 g/mol. The SMILES string of the molecule is CC(C)c1ccc([C@@H](N)CNS(=O)(=O)C2CCS(=O)(=O)CC2)cc1. The minimum Gasteiger partial charge on any atom is -0.323 e. The molecule has 24 heavy (non-hydrogen) atoms. The number of benzene rings is 1. The number of sulfonamides is 1. The first-order valence-electron chi connectivity index (χ1n) is 8.15. The van der Waals surface area contributed by atoms with Crippen molar-refractivity contribution in [1.29, 1.82) is 0 Å². The van der Waals surface area contributed by atoms with E-state index < -0.39 is 31.2 Å². The van der Waals surface area contributed by atoms with Crippen molar-refractivity contribution in [3.63, 3.8) is 0 Å². The summed E-state index contributed by atoms with van der Waals surface area (Å²) in [5, 5.41) is -0.656. The molecule has 6 nitrogen and oxygen atoms in total. The van der Waals surface area contributed by atoms with E-state index in [0.717, 1.165) is 5.56 Å². The van der Waals surface area contributed by atoms with Crippen LogP contribution in [0.2, 0.25) is 0 Å². The first kappa shape index (κ1) is 19.4. The van der Waals surface area contributed by atoms with Crippen LogP contribution in [0.3, 0.4) is 0 Å². The molecule has 0 radical (unpaired) electrons. The van der Waals surface area contributed by atoms with Crippen LogP contribution in [0, 0.1) is 0 Å². The van der Waals surface area contributed by atoms with Crippen LogP contribution in [0.15, 0.2) is 24.3 Å². The maximum Gasteiger partial charge on any atom is 0.214 e. The van der Waals surface area contributed by atoms with Crippen molar-refractivity contribution < 1.29 is 16.8 Å². The fraction of sp³-hybridized carbons (Fsp3) is 0.625. The maximum atomic E-state index is 12.3. The van der Waals surface area contributed by atoms with Crippen molar-refractivity contribution in [3.05, 3.63) is 35.4 Å². The Morgan fingerprint density at radius 2 is 1.62 bits per heavy atom. The number of sulfone groups is 1. The second-order valence-corrected chi connectivity index (χ2v) is 11.0. The van der Waals surface area contributed by atoms with Gasteiger partial charge >= 0.3 is 0 Å². The molecule has 1 fully saturated rings. The summed E-state index contributed by atoms with van der Waals surface area (Å²) < 4.78 is 50.0. The summed E-state index contributed by atoms with van der Waals surface area (Å²) in [5.74, 6) is 0.291. The molecule has 1 aromatic carbocycles. The minimum absolute atomic E-state index is 0.0682. The lowest BCUT2D eigenvalue weighted by molar-refractivity contribution is 0.537. The summed E-state index contributed by atoms with van der Waals surface area (Å²) in [4.78, 5) is 0. The number of nitrogens with two attached hydrogens (primary N) is 1. The van der Waals surface area contributed by atoms with Crippen LogP contribution in [-0.4, -0.2) is 40.1 Å². The Kier molecular flexibility index (Phi) is 6.06. The highest BCUT2D eigenvalue weighted by atomic mass is 32.2. The normalized spacial score (nSPS) is 20.2. The fourth-order valence-electron chi connectivity index (χ4n) is 2.75. The molecule has 1 aliphatic heterocycles. The Morgan fingerprint density at radius 3 is 2.12 bits per heavy atom. The second kappa shape index (κ2) is 7.51. The molecule has 0 bridgehead atoms. The Labute approximate surface area is 144 Å². The molecule has 0 saturated carbocycles. The van der Waals surface area contributed by atoms with Gasteiger partial charge in [0.25, 0.3) is 0 Å². The topological polar surface area (TPSA) is 106 Å². The summed E-state index contributed by atoms with van der Waals surface area (Å²) in [6.07, 6.45) is 0.298. The average Bonchev–Trinajstić information content (AvgIpc) is 2.52. The van der Waals surface area contributed by atoms with Gasteiger partial charge in [0.1, 0.15) is 9.84 Å². The van der Waals surface area contributed by atoms with Gasteiger partial charge in [0.2, 0.25) is 10.0 Å². The Bertz CT molecular complexity index is 742. The van der Waals surface area contributed by atoms with Crippen LogP contribution in [0.4, 0.5) is 0 Å². The van der Waals surface area contributed by atoms with Gasteiger partial charge in [-0.1, -0.05) is 38.1 Å². The number of hydrogen-bond donors (Lipinski definition) is 2. The van der Waals surface area contributed by atoms with Crippen molar-refractivity contribution in [2.45, 2.75) is 43.9 Å². The van der Waals surface area contributed by atoms with E-state index >= 15 is 0 Å². The predicted molar refractivity (Wildman–Crippen MR) is 96.1 cm³/mol. The van der Waals surface area contributed by atoms with Gasteiger partial charge < -0.3 is 5.73 Å². The zero-order chi connectivity index (χ0) is 18.0. The standard InChI is InChI=1S/C16H26N2O4S2/c1-12(2)13-3-5-14(6-4-13)16(17)11-18-24(21,22)15-7-9-23(19,20)10-8-15/h3-6,12,15-16,18H,7-11,17H2,1-2H3/t16-/m0/s1. The molecule has 2 rings (SSSR count). The van der Waals surface area contributed by atoms with Gasteiger partial charge in [0.15, 0.2) is 0 Å².